The predicted octanol–water partition coefficient (Wildman–Crippen LogP) is 2.77. The average Bonchev–Trinajstić information content (AvgIpc) is 1.68. The van der Waals surface area contributed by atoms with Gasteiger partial charge in [0.1, 0.15) is 0 Å². The molecule has 0 heterocycles. The summed E-state index contributed by atoms with van der Waals surface area (Å²) in [6.07, 6.45) is 7.30. The maximum absolute atomic E-state index is 3.65. The molecule has 0 aliphatic rings. The van der Waals surface area contributed by atoms with Gasteiger partial charge in [-0.2, -0.15) is 0 Å². The normalized spacial score (nSPS) is 14.2. The van der Waals surface area contributed by atoms with Crippen LogP contribution in [0.1, 0.15) is 20.3 Å². The highest BCUT2D eigenvalue weighted by molar-refractivity contribution is 4.86. The summed E-state index contributed by atoms with van der Waals surface area (Å²) >= 11 is 0. The van der Waals surface area contributed by atoms with Gasteiger partial charge in [-0.1, -0.05) is 25.2 Å². The quantitative estimate of drug-likeness (QED) is 0.490. The molecule has 0 bridgehead atoms. The smallest absolute Gasteiger partial charge is 0.0228 e. The highest BCUT2D eigenvalue weighted by Crippen LogP contribution is 2.02. The molecule has 0 heteroatoms. The van der Waals surface area contributed by atoms with E-state index in [0.29, 0.717) is 5.92 Å². The second-order valence-electron chi connectivity index (χ2n) is 2.03. The lowest BCUT2D eigenvalue weighted by Gasteiger charge is -1.97. The summed E-state index contributed by atoms with van der Waals surface area (Å²) in [5.41, 5.74) is 0. The molecule has 0 aliphatic carbocycles. The van der Waals surface area contributed by atoms with E-state index in [-0.39, 0.29) is 0 Å². The van der Waals surface area contributed by atoms with Crippen molar-refractivity contribution in [1.29, 1.82) is 0 Å². The monoisotopic (exact) mass is 110 g/mol. The Morgan fingerprint density at radius 2 is 2.25 bits per heavy atom. The summed E-state index contributed by atoms with van der Waals surface area (Å²) < 4.78 is 0. The van der Waals surface area contributed by atoms with Crippen molar-refractivity contribution in [3.63, 3.8) is 0 Å². The fourth-order valence-corrected chi connectivity index (χ4v) is 0.670. The van der Waals surface area contributed by atoms with Crippen LogP contribution in [0.3, 0.4) is 0 Å². The van der Waals surface area contributed by atoms with Gasteiger partial charge in [-0.25, -0.2) is 0 Å². The summed E-state index contributed by atoms with van der Waals surface area (Å²) in [6, 6.07) is 0. The van der Waals surface area contributed by atoms with Crippen molar-refractivity contribution < 1.29 is 0 Å². The Balaban J connectivity index is 3.31. The third kappa shape index (κ3) is 3.66. The van der Waals surface area contributed by atoms with Crippen LogP contribution in [0.4, 0.5) is 0 Å². The zero-order valence-electron chi connectivity index (χ0n) is 5.72. The molecule has 0 saturated heterocycles. The van der Waals surface area contributed by atoms with Gasteiger partial charge in [0.25, 0.3) is 0 Å². The van der Waals surface area contributed by atoms with E-state index in [2.05, 4.69) is 25.7 Å². The fourth-order valence-electron chi connectivity index (χ4n) is 0.670. The van der Waals surface area contributed by atoms with Crippen molar-refractivity contribution in [2.75, 3.05) is 0 Å². The summed E-state index contributed by atoms with van der Waals surface area (Å²) in [6.45, 7) is 7.87. The van der Waals surface area contributed by atoms with Crippen LogP contribution >= 0.6 is 0 Å². The Morgan fingerprint density at radius 3 is 2.62 bits per heavy atom. The van der Waals surface area contributed by atoms with Crippen LogP contribution < -0.4 is 0 Å². The first kappa shape index (κ1) is 7.48. The van der Waals surface area contributed by atoms with Crippen molar-refractivity contribution in [3.8, 4) is 0 Å². The third-order valence-electron chi connectivity index (χ3n) is 1.06. The second-order valence-corrected chi connectivity index (χ2v) is 2.03. The van der Waals surface area contributed by atoms with Crippen molar-refractivity contribution in [2.45, 2.75) is 20.3 Å². The lowest BCUT2D eigenvalue weighted by molar-refractivity contribution is 0.744. The van der Waals surface area contributed by atoms with Crippen molar-refractivity contribution in [3.05, 3.63) is 24.8 Å². The summed E-state index contributed by atoms with van der Waals surface area (Å²) in [4.78, 5) is 0. The van der Waals surface area contributed by atoms with Crippen molar-refractivity contribution in [2.24, 2.45) is 5.92 Å². The van der Waals surface area contributed by atoms with Crippen LogP contribution in [0.5, 0.6) is 0 Å². The summed E-state index contributed by atoms with van der Waals surface area (Å²) in [5, 5.41) is 0. The zero-order chi connectivity index (χ0) is 6.41. The number of rotatable bonds is 3. The van der Waals surface area contributed by atoms with Crippen LogP contribution in [0, 0.1) is 5.92 Å². The topological polar surface area (TPSA) is 0 Å². The largest absolute Gasteiger partial charge is 0.103 e. The van der Waals surface area contributed by atoms with Gasteiger partial charge < -0.3 is 0 Å². The molecule has 1 atom stereocenters. The molecule has 0 aliphatic heterocycles. The van der Waals surface area contributed by atoms with E-state index < -0.39 is 0 Å². The summed E-state index contributed by atoms with van der Waals surface area (Å²) in [7, 11) is 0. The van der Waals surface area contributed by atoms with E-state index in [0.717, 1.165) is 6.42 Å². The molecule has 0 saturated carbocycles. The molecule has 0 spiro atoms. The predicted molar refractivity (Wildman–Crippen MR) is 38.8 cm³/mol. The van der Waals surface area contributed by atoms with Crippen LogP contribution in [0.15, 0.2) is 24.8 Å². The molecule has 0 aromatic heterocycles. The van der Waals surface area contributed by atoms with Gasteiger partial charge in [0.2, 0.25) is 0 Å². The van der Waals surface area contributed by atoms with E-state index in [9.17, 15) is 0 Å². The molecule has 8 heavy (non-hydrogen) atoms. The number of hydrogen-bond acceptors (Lipinski definition) is 0. The second kappa shape index (κ2) is 4.63. The molecule has 1 unspecified atom stereocenters. The number of hydrogen-bond donors (Lipinski definition) is 0. The molecule has 0 amide bonds. The Labute approximate surface area is 51.9 Å². The van der Waals surface area contributed by atoms with E-state index in [1.165, 1.54) is 0 Å². The van der Waals surface area contributed by atoms with Gasteiger partial charge in [0, 0.05) is 0 Å². The number of allylic oxidation sites excluding steroid dienone is 3. The van der Waals surface area contributed by atoms with E-state index in [4.69, 9.17) is 0 Å². The highest BCUT2D eigenvalue weighted by atomic mass is 13.9. The fraction of sp³-hybridized carbons (Fsp3) is 0.500. The molecule has 0 radical (unpaired) electrons. The maximum Gasteiger partial charge on any atom is -0.0228 e. The SMILES string of the molecule is C=CCC(C)/C=C\C. The van der Waals surface area contributed by atoms with Gasteiger partial charge in [-0.05, 0) is 19.3 Å². The molecule has 46 valence electrons. The van der Waals surface area contributed by atoms with Crippen molar-refractivity contribution >= 4 is 0 Å². The Kier molecular flexibility index (Phi) is 4.33. The minimum atomic E-state index is 0.664. The van der Waals surface area contributed by atoms with E-state index in [1.807, 2.05) is 13.0 Å². The van der Waals surface area contributed by atoms with E-state index >= 15 is 0 Å². The van der Waals surface area contributed by atoms with E-state index in [1.54, 1.807) is 0 Å². The van der Waals surface area contributed by atoms with Crippen LogP contribution in [0.2, 0.25) is 0 Å². The molecule has 0 fully saturated rings. The molecule has 0 N–H and O–H groups in total. The molecular weight excluding hydrogens is 96.1 g/mol. The summed E-state index contributed by atoms with van der Waals surface area (Å²) in [5.74, 6) is 0.664. The standard InChI is InChI=1S/C8H14/c1-4-6-8(3)7-5-2/h4-5,7-8H,1,6H2,2-3H3/b7-5-. The maximum atomic E-state index is 3.65. The first-order valence-electron chi connectivity index (χ1n) is 3.05. The Hall–Kier alpha value is -0.520. The van der Waals surface area contributed by atoms with Crippen LogP contribution in [-0.2, 0) is 0 Å². The third-order valence-corrected chi connectivity index (χ3v) is 1.06. The molecule has 0 nitrogen and oxygen atoms in total. The van der Waals surface area contributed by atoms with Gasteiger partial charge in [0.05, 0.1) is 0 Å². The first-order chi connectivity index (χ1) is 3.81. The van der Waals surface area contributed by atoms with Gasteiger partial charge in [0.15, 0.2) is 0 Å². The minimum absolute atomic E-state index is 0.664. The lowest BCUT2D eigenvalue weighted by atomic mass is 10.1. The van der Waals surface area contributed by atoms with Gasteiger partial charge in [-0.15, -0.1) is 6.58 Å². The minimum Gasteiger partial charge on any atom is -0.103 e. The Bertz CT molecular complexity index is 80.0. The van der Waals surface area contributed by atoms with Crippen LogP contribution in [0.25, 0.3) is 0 Å². The molecule has 0 aromatic carbocycles. The van der Waals surface area contributed by atoms with Crippen LogP contribution in [-0.4, -0.2) is 0 Å². The first-order valence-corrected chi connectivity index (χ1v) is 3.05. The Morgan fingerprint density at radius 1 is 1.62 bits per heavy atom. The zero-order valence-corrected chi connectivity index (χ0v) is 5.72. The molecular formula is C8H14. The lowest BCUT2D eigenvalue weighted by Crippen LogP contribution is -1.83. The molecule has 0 rings (SSSR count). The van der Waals surface area contributed by atoms with Crippen molar-refractivity contribution in [1.82, 2.24) is 0 Å². The average molecular weight is 110 g/mol. The molecule has 0 aromatic rings. The highest BCUT2D eigenvalue weighted by Gasteiger charge is 1.88. The van der Waals surface area contributed by atoms with Gasteiger partial charge >= 0.3 is 0 Å². The van der Waals surface area contributed by atoms with Gasteiger partial charge in [-0.3, -0.25) is 0 Å².